The van der Waals surface area contributed by atoms with Crippen LogP contribution in [0.15, 0.2) is 4.60 Å². The van der Waals surface area contributed by atoms with E-state index in [0.717, 1.165) is 23.1 Å². The van der Waals surface area contributed by atoms with Crippen molar-refractivity contribution in [2.45, 2.75) is 57.1 Å². The summed E-state index contributed by atoms with van der Waals surface area (Å²) >= 11 is 3.47. The van der Waals surface area contributed by atoms with Crippen molar-refractivity contribution in [2.75, 3.05) is 6.61 Å². The molecular formula is C13H24BrN5O. The molecule has 0 radical (unpaired) electrons. The molecule has 3 N–H and O–H groups in total. The third-order valence-electron chi connectivity index (χ3n) is 4.17. The molecule has 1 heterocycles. The molecular weight excluding hydrogens is 322 g/mol. The molecule has 1 fully saturated rings. The summed E-state index contributed by atoms with van der Waals surface area (Å²) in [5.74, 6) is 5.88. The SMILES string of the molecule is CCOC1(C(NN)c2c(Br)nnn2C)CCCCCC1. The van der Waals surface area contributed by atoms with E-state index < -0.39 is 0 Å². The maximum Gasteiger partial charge on any atom is 0.153 e. The molecule has 0 amide bonds. The van der Waals surface area contributed by atoms with E-state index in [1.54, 1.807) is 4.68 Å². The van der Waals surface area contributed by atoms with E-state index in [1.165, 1.54) is 25.7 Å². The topological polar surface area (TPSA) is 78.0 Å². The molecule has 1 aliphatic rings. The zero-order valence-electron chi connectivity index (χ0n) is 12.2. The molecule has 0 saturated heterocycles. The van der Waals surface area contributed by atoms with Crippen molar-refractivity contribution in [3.63, 3.8) is 0 Å². The first-order chi connectivity index (χ1) is 9.64. The predicted molar refractivity (Wildman–Crippen MR) is 80.8 cm³/mol. The van der Waals surface area contributed by atoms with Gasteiger partial charge in [-0.25, -0.2) is 10.1 Å². The Labute approximate surface area is 128 Å². The number of aryl methyl sites for hydroxylation is 1. The molecule has 0 bridgehead atoms. The van der Waals surface area contributed by atoms with Crippen molar-refractivity contribution in [1.29, 1.82) is 0 Å². The summed E-state index contributed by atoms with van der Waals surface area (Å²) < 4.78 is 8.70. The summed E-state index contributed by atoms with van der Waals surface area (Å²) in [7, 11) is 1.88. The van der Waals surface area contributed by atoms with Gasteiger partial charge >= 0.3 is 0 Å². The van der Waals surface area contributed by atoms with E-state index in [4.69, 9.17) is 10.6 Å². The number of ether oxygens (including phenoxy) is 1. The Bertz CT molecular complexity index is 409. The second-order valence-corrected chi connectivity index (χ2v) is 6.15. The van der Waals surface area contributed by atoms with Gasteiger partial charge in [-0.1, -0.05) is 30.9 Å². The van der Waals surface area contributed by atoms with Gasteiger partial charge in [-0.05, 0) is 35.7 Å². The van der Waals surface area contributed by atoms with Gasteiger partial charge in [0.15, 0.2) is 4.60 Å². The standard InChI is InChI=1S/C13H24BrN5O/c1-3-20-13(8-6-4-5-7-9-13)11(16-15)10-12(14)17-18-19(10)2/h11,16H,3-9,15H2,1-2H3. The van der Waals surface area contributed by atoms with Crippen molar-refractivity contribution < 1.29 is 4.74 Å². The molecule has 1 aliphatic carbocycles. The van der Waals surface area contributed by atoms with Crippen LogP contribution in [0.4, 0.5) is 0 Å². The Morgan fingerprint density at radius 3 is 2.50 bits per heavy atom. The maximum atomic E-state index is 6.21. The molecule has 20 heavy (non-hydrogen) atoms. The molecule has 2 rings (SSSR count). The minimum atomic E-state index is -0.280. The lowest BCUT2D eigenvalue weighted by atomic mass is 9.84. The van der Waals surface area contributed by atoms with Crippen LogP contribution in [0.25, 0.3) is 0 Å². The van der Waals surface area contributed by atoms with Crippen molar-refractivity contribution in [2.24, 2.45) is 12.9 Å². The lowest BCUT2D eigenvalue weighted by Gasteiger charge is -2.39. The highest BCUT2D eigenvalue weighted by Crippen LogP contribution is 2.41. The number of hydrazine groups is 1. The van der Waals surface area contributed by atoms with E-state index in [9.17, 15) is 0 Å². The van der Waals surface area contributed by atoms with Crippen LogP contribution in [0.1, 0.15) is 57.2 Å². The molecule has 114 valence electrons. The summed E-state index contributed by atoms with van der Waals surface area (Å²) in [6.07, 6.45) is 6.87. The lowest BCUT2D eigenvalue weighted by molar-refractivity contribution is -0.0800. The zero-order valence-corrected chi connectivity index (χ0v) is 13.8. The first kappa shape index (κ1) is 15.9. The Kier molecular flexibility index (Phi) is 5.54. The molecule has 1 aromatic rings. The molecule has 0 aromatic carbocycles. The van der Waals surface area contributed by atoms with E-state index in [2.05, 4.69) is 31.7 Å². The second-order valence-electron chi connectivity index (χ2n) is 5.40. The van der Waals surface area contributed by atoms with Gasteiger partial charge in [0, 0.05) is 13.7 Å². The Morgan fingerprint density at radius 2 is 2.05 bits per heavy atom. The van der Waals surface area contributed by atoms with Crippen LogP contribution in [-0.4, -0.2) is 27.2 Å². The molecule has 1 saturated carbocycles. The highest BCUT2D eigenvalue weighted by Gasteiger charge is 2.42. The first-order valence-electron chi connectivity index (χ1n) is 7.30. The van der Waals surface area contributed by atoms with Gasteiger partial charge < -0.3 is 4.74 Å². The van der Waals surface area contributed by atoms with Crippen LogP contribution in [0.2, 0.25) is 0 Å². The van der Waals surface area contributed by atoms with E-state index in [-0.39, 0.29) is 11.6 Å². The lowest BCUT2D eigenvalue weighted by Crippen LogP contribution is -2.49. The summed E-state index contributed by atoms with van der Waals surface area (Å²) in [4.78, 5) is 0. The fraction of sp³-hybridized carbons (Fsp3) is 0.846. The average Bonchev–Trinajstić information content (AvgIpc) is 2.66. The minimum absolute atomic E-state index is 0.116. The highest BCUT2D eigenvalue weighted by atomic mass is 79.9. The zero-order chi connectivity index (χ0) is 14.6. The minimum Gasteiger partial charge on any atom is -0.373 e. The summed E-state index contributed by atoms with van der Waals surface area (Å²) in [6.45, 7) is 2.72. The maximum absolute atomic E-state index is 6.21. The van der Waals surface area contributed by atoms with Gasteiger partial charge in [-0.15, -0.1) is 5.10 Å². The summed E-state index contributed by atoms with van der Waals surface area (Å²) in [5, 5.41) is 8.14. The van der Waals surface area contributed by atoms with Gasteiger partial charge in [-0.2, -0.15) is 0 Å². The first-order valence-corrected chi connectivity index (χ1v) is 8.09. The number of nitrogens with one attached hydrogen (secondary N) is 1. The molecule has 7 heteroatoms. The van der Waals surface area contributed by atoms with E-state index in [1.807, 2.05) is 14.0 Å². The quantitative estimate of drug-likeness (QED) is 0.486. The fourth-order valence-corrected chi connectivity index (χ4v) is 3.81. The van der Waals surface area contributed by atoms with Crippen LogP contribution < -0.4 is 11.3 Å². The Hall–Kier alpha value is -0.500. The third kappa shape index (κ3) is 3.05. The molecule has 0 spiro atoms. The molecule has 0 aliphatic heterocycles. The van der Waals surface area contributed by atoms with Crippen LogP contribution >= 0.6 is 15.9 Å². The number of nitrogens with two attached hydrogens (primary N) is 1. The number of aromatic nitrogens is 3. The smallest absolute Gasteiger partial charge is 0.153 e. The highest BCUT2D eigenvalue weighted by molar-refractivity contribution is 9.10. The number of hydrogen-bond acceptors (Lipinski definition) is 5. The van der Waals surface area contributed by atoms with Crippen molar-refractivity contribution in [1.82, 2.24) is 20.4 Å². The Balaban J connectivity index is 2.38. The number of hydrogen-bond donors (Lipinski definition) is 2. The molecule has 1 unspecified atom stereocenters. The van der Waals surface area contributed by atoms with Crippen LogP contribution in [0, 0.1) is 0 Å². The van der Waals surface area contributed by atoms with Gasteiger partial charge in [0.05, 0.1) is 17.3 Å². The molecule has 1 atom stereocenters. The molecule has 1 aromatic heterocycles. The van der Waals surface area contributed by atoms with Gasteiger partial charge in [-0.3, -0.25) is 5.84 Å². The largest absolute Gasteiger partial charge is 0.373 e. The normalized spacial score (nSPS) is 20.6. The summed E-state index contributed by atoms with van der Waals surface area (Å²) in [5.41, 5.74) is 3.62. The summed E-state index contributed by atoms with van der Waals surface area (Å²) in [6, 6.07) is -0.116. The molecule has 6 nitrogen and oxygen atoms in total. The fourth-order valence-electron chi connectivity index (χ4n) is 3.26. The van der Waals surface area contributed by atoms with Crippen molar-refractivity contribution in [3.8, 4) is 0 Å². The van der Waals surface area contributed by atoms with Crippen LogP contribution in [0.3, 0.4) is 0 Å². The van der Waals surface area contributed by atoms with Gasteiger partial charge in [0.1, 0.15) is 0 Å². The monoisotopic (exact) mass is 345 g/mol. The number of nitrogens with zero attached hydrogens (tertiary/aromatic N) is 3. The van der Waals surface area contributed by atoms with Crippen LogP contribution in [-0.2, 0) is 11.8 Å². The number of halogens is 1. The van der Waals surface area contributed by atoms with E-state index in [0.29, 0.717) is 6.61 Å². The number of rotatable bonds is 5. The second kappa shape index (κ2) is 6.98. The predicted octanol–water partition coefficient (Wildman–Crippen LogP) is 2.21. The van der Waals surface area contributed by atoms with Crippen molar-refractivity contribution >= 4 is 15.9 Å². The van der Waals surface area contributed by atoms with Gasteiger partial charge in [0.2, 0.25) is 0 Å². The van der Waals surface area contributed by atoms with Crippen molar-refractivity contribution in [3.05, 3.63) is 10.3 Å². The van der Waals surface area contributed by atoms with Gasteiger partial charge in [0.25, 0.3) is 0 Å². The van der Waals surface area contributed by atoms with E-state index >= 15 is 0 Å². The Morgan fingerprint density at radius 1 is 1.40 bits per heavy atom. The third-order valence-corrected chi connectivity index (χ3v) is 4.74. The average molecular weight is 346 g/mol. The van der Waals surface area contributed by atoms with Crippen LogP contribution in [0.5, 0.6) is 0 Å².